The summed E-state index contributed by atoms with van der Waals surface area (Å²) in [6.07, 6.45) is 3.14. The molecule has 3 N–H and O–H groups in total. The number of nitrogens with zero attached hydrogens (tertiary/aromatic N) is 2. The van der Waals surface area contributed by atoms with Crippen LogP contribution in [0.4, 0.5) is 11.5 Å². The molecule has 19 heavy (non-hydrogen) atoms. The third-order valence-electron chi connectivity index (χ3n) is 2.50. The van der Waals surface area contributed by atoms with E-state index >= 15 is 0 Å². The van der Waals surface area contributed by atoms with Crippen molar-refractivity contribution in [1.82, 2.24) is 9.97 Å². The molecule has 1 heterocycles. The largest absolute Gasteiger partial charge is 0.388 e. The summed E-state index contributed by atoms with van der Waals surface area (Å²) in [5.74, 6) is 0.540. The maximum atomic E-state index is 5.63. The van der Waals surface area contributed by atoms with Gasteiger partial charge in [-0.1, -0.05) is 30.4 Å². The minimum absolute atomic E-state index is 0.208. The van der Waals surface area contributed by atoms with Gasteiger partial charge in [0.25, 0.3) is 0 Å². The molecule has 2 rings (SSSR count). The van der Waals surface area contributed by atoms with Crippen LogP contribution in [0.5, 0.6) is 0 Å². The van der Waals surface area contributed by atoms with Crippen molar-refractivity contribution in [2.24, 2.45) is 5.73 Å². The summed E-state index contributed by atoms with van der Waals surface area (Å²) in [7, 11) is 1.65. The van der Waals surface area contributed by atoms with Gasteiger partial charge in [0.15, 0.2) is 5.82 Å². The van der Waals surface area contributed by atoms with Crippen LogP contribution in [0.15, 0.2) is 36.7 Å². The smallest absolute Gasteiger partial charge is 0.159 e. The minimum Gasteiger partial charge on any atom is -0.388 e. The molecule has 0 fully saturated rings. The van der Waals surface area contributed by atoms with Gasteiger partial charge in [-0.2, -0.15) is 0 Å². The van der Waals surface area contributed by atoms with Gasteiger partial charge >= 0.3 is 0 Å². The molecule has 0 amide bonds. The number of methoxy groups -OCH3 is 1. The third-order valence-corrected chi connectivity index (χ3v) is 2.70. The molecular weight excluding hydrogens is 260 g/mol. The van der Waals surface area contributed by atoms with Gasteiger partial charge in [0, 0.05) is 30.8 Å². The first-order chi connectivity index (χ1) is 9.22. The number of rotatable bonds is 5. The van der Waals surface area contributed by atoms with Crippen LogP contribution >= 0.6 is 12.2 Å². The zero-order chi connectivity index (χ0) is 13.7. The molecule has 98 valence electrons. The highest BCUT2D eigenvalue weighted by molar-refractivity contribution is 7.80. The number of thiocarbonyl (C=S) groups is 1. The second-order valence-electron chi connectivity index (χ2n) is 3.83. The summed E-state index contributed by atoms with van der Waals surface area (Å²) in [6, 6.07) is 7.79. The van der Waals surface area contributed by atoms with Crippen LogP contribution in [0, 0.1) is 0 Å². The lowest BCUT2D eigenvalue weighted by molar-refractivity contribution is 0.185. The third kappa shape index (κ3) is 3.24. The van der Waals surface area contributed by atoms with Crippen LogP contribution in [0.1, 0.15) is 11.3 Å². The summed E-state index contributed by atoms with van der Waals surface area (Å²) in [4.78, 5) is 8.55. The molecule has 0 radical (unpaired) electrons. The van der Waals surface area contributed by atoms with Gasteiger partial charge in [0.1, 0.15) is 10.7 Å². The monoisotopic (exact) mass is 274 g/mol. The number of benzene rings is 1. The lowest BCUT2D eigenvalue weighted by Crippen LogP contribution is -2.15. The second-order valence-corrected chi connectivity index (χ2v) is 4.27. The van der Waals surface area contributed by atoms with Crippen LogP contribution in [0.25, 0.3) is 0 Å². The number of nitrogens with two attached hydrogens (primary N) is 1. The van der Waals surface area contributed by atoms with E-state index in [4.69, 9.17) is 22.7 Å². The fourth-order valence-corrected chi connectivity index (χ4v) is 1.81. The van der Waals surface area contributed by atoms with E-state index in [2.05, 4.69) is 15.3 Å². The molecule has 0 unspecified atom stereocenters. The topological polar surface area (TPSA) is 73.1 Å². The first-order valence-corrected chi connectivity index (χ1v) is 6.08. The second kappa shape index (κ2) is 6.21. The van der Waals surface area contributed by atoms with Crippen LogP contribution in [-0.4, -0.2) is 22.1 Å². The van der Waals surface area contributed by atoms with Crippen LogP contribution in [-0.2, 0) is 11.3 Å². The molecule has 1 aromatic carbocycles. The van der Waals surface area contributed by atoms with E-state index in [1.54, 1.807) is 19.5 Å². The van der Waals surface area contributed by atoms with Crippen LogP contribution in [0.3, 0.4) is 0 Å². The van der Waals surface area contributed by atoms with Crippen molar-refractivity contribution in [1.29, 1.82) is 0 Å². The number of aromatic nitrogens is 2. The Hall–Kier alpha value is -2.05. The molecule has 6 heteroatoms. The Labute approximate surface area is 116 Å². The summed E-state index contributed by atoms with van der Waals surface area (Å²) < 4.78 is 5.16. The van der Waals surface area contributed by atoms with Crippen LogP contribution in [0.2, 0.25) is 0 Å². The number of ether oxygens (including phenoxy) is 1. The quantitative estimate of drug-likeness (QED) is 0.812. The summed E-state index contributed by atoms with van der Waals surface area (Å²) in [5, 5.41) is 3.19. The van der Waals surface area contributed by atoms with Crippen molar-refractivity contribution in [3.05, 3.63) is 47.9 Å². The Morgan fingerprint density at radius 2 is 2.05 bits per heavy atom. The SMILES string of the molecule is COCc1ccccc1Nc1nccnc1C(N)=S. The summed E-state index contributed by atoms with van der Waals surface area (Å²) in [6.45, 7) is 0.506. The van der Waals surface area contributed by atoms with E-state index in [0.717, 1.165) is 11.3 Å². The van der Waals surface area contributed by atoms with Gasteiger partial charge in [-0.25, -0.2) is 9.97 Å². The zero-order valence-corrected chi connectivity index (χ0v) is 11.3. The zero-order valence-electron chi connectivity index (χ0n) is 10.5. The van der Waals surface area contributed by atoms with Crippen molar-refractivity contribution in [3.63, 3.8) is 0 Å². The molecule has 0 aliphatic carbocycles. The maximum Gasteiger partial charge on any atom is 0.159 e. The Bertz CT molecular complexity index is 588. The Kier molecular flexibility index (Phi) is 4.38. The first-order valence-electron chi connectivity index (χ1n) is 5.67. The highest BCUT2D eigenvalue weighted by Gasteiger charge is 2.09. The molecule has 0 saturated heterocycles. The predicted molar refractivity (Wildman–Crippen MR) is 78.4 cm³/mol. The van der Waals surface area contributed by atoms with Gasteiger partial charge in [0.05, 0.1) is 6.61 Å². The molecule has 0 aliphatic rings. The molecule has 0 spiro atoms. The van der Waals surface area contributed by atoms with E-state index in [1.165, 1.54) is 0 Å². The Morgan fingerprint density at radius 1 is 1.32 bits per heavy atom. The first kappa shape index (κ1) is 13.4. The molecule has 5 nitrogen and oxygen atoms in total. The molecule has 0 atom stereocenters. The van der Waals surface area contributed by atoms with E-state index < -0.39 is 0 Å². The number of nitrogens with one attached hydrogen (secondary N) is 1. The van der Waals surface area contributed by atoms with Crippen molar-refractivity contribution >= 4 is 28.7 Å². The number of hydrogen-bond acceptors (Lipinski definition) is 5. The molecule has 0 bridgehead atoms. The molecule has 1 aromatic heterocycles. The summed E-state index contributed by atoms with van der Waals surface area (Å²) in [5.41, 5.74) is 8.01. The number of hydrogen-bond donors (Lipinski definition) is 2. The van der Waals surface area contributed by atoms with Gasteiger partial charge in [0.2, 0.25) is 0 Å². The normalized spacial score (nSPS) is 10.2. The fraction of sp³-hybridized carbons (Fsp3) is 0.154. The molecule has 0 aliphatic heterocycles. The lowest BCUT2D eigenvalue weighted by Gasteiger charge is -2.12. The summed E-state index contributed by atoms with van der Waals surface area (Å²) >= 11 is 4.96. The average Bonchev–Trinajstić information content (AvgIpc) is 2.42. The average molecular weight is 274 g/mol. The minimum atomic E-state index is 0.208. The van der Waals surface area contributed by atoms with Gasteiger partial charge in [-0.15, -0.1) is 0 Å². The van der Waals surface area contributed by atoms with Crippen molar-refractivity contribution in [2.75, 3.05) is 12.4 Å². The lowest BCUT2D eigenvalue weighted by atomic mass is 10.2. The molecule has 0 saturated carbocycles. The number of para-hydroxylation sites is 1. The number of anilines is 2. The highest BCUT2D eigenvalue weighted by Crippen LogP contribution is 2.21. The molecule has 2 aromatic rings. The van der Waals surface area contributed by atoms with Crippen molar-refractivity contribution in [3.8, 4) is 0 Å². The highest BCUT2D eigenvalue weighted by atomic mass is 32.1. The molecular formula is C13H14N4OS. The fourth-order valence-electron chi connectivity index (χ4n) is 1.66. The maximum absolute atomic E-state index is 5.63. The Morgan fingerprint density at radius 3 is 2.79 bits per heavy atom. The van der Waals surface area contributed by atoms with Gasteiger partial charge in [-0.3, -0.25) is 0 Å². The van der Waals surface area contributed by atoms with E-state index in [1.807, 2.05) is 24.3 Å². The van der Waals surface area contributed by atoms with E-state index in [9.17, 15) is 0 Å². The van der Waals surface area contributed by atoms with E-state index in [-0.39, 0.29) is 4.99 Å². The standard InChI is InChI=1S/C13H14N4OS/c1-18-8-9-4-2-3-5-10(9)17-13-11(12(14)19)15-6-7-16-13/h2-7H,8H2,1H3,(H2,14,19)(H,16,17). The Balaban J connectivity index is 2.34. The predicted octanol–water partition coefficient (Wildman–Crippen LogP) is 2.00. The van der Waals surface area contributed by atoms with Gasteiger partial charge < -0.3 is 15.8 Å². The van der Waals surface area contributed by atoms with Gasteiger partial charge in [-0.05, 0) is 6.07 Å². The van der Waals surface area contributed by atoms with E-state index in [0.29, 0.717) is 18.1 Å². The van der Waals surface area contributed by atoms with Crippen molar-refractivity contribution < 1.29 is 4.74 Å². The van der Waals surface area contributed by atoms with Crippen molar-refractivity contribution in [2.45, 2.75) is 6.61 Å². The van der Waals surface area contributed by atoms with Crippen LogP contribution < -0.4 is 11.1 Å².